The minimum absolute atomic E-state index is 0.0760. The highest BCUT2D eigenvalue weighted by atomic mass is 16.6. The van der Waals surface area contributed by atoms with E-state index in [1.165, 1.54) is 18.2 Å². The number of carbonyl (C=O) groups excluding carboxylic acids is 2. The first-order valence-electron chi connectivity index (χ1n) is 8.49. The molecule has 0 saturated heterocycles. The van der Waals surface area contributed by atoms with Gasteiger partial charge in [-0.1, -0.05) is 26.0 Å². The maximum Gasteiger partial charge on any atom is 0.292 e. The molecule has 27 heavy (non-hydrogen) atoms. The van der Waals surface area contributed by atoms with Crippen LogP contribution in [-0.2, 0) is 9.59 Å². The highest BCUT2D eigenvalue weighted by Crippen LogP contribution is 2.23. The number of hydrogen-bond donors (Lipinski definition) is 3. The van der Waals surface area contributed by atoms with Gasteiger partial charge in [0.25, 0.3) is 5.69 Å². The van der Waals surface area contributed by atoms with E-state index in [2.05, 4.69) is 16.0 Å². The van der Waals surface area contributed by atoms with Crippen LogP contribution < -0.4 is 16.0 Å². The zero-order valence-electron chi connectivity index (χ0n) is 15.4. The number of benzene rings is 2. The molecule has 0 bridgehead atoms. The van der Waals surface area contributed by atoms with Crippen molar-refractivity contribution in [2.45, 2.75) is 26.8 Å². The average molecular weight is 370 g/mol. The highest BCUT2D eigenvalue weighted by molar-refractivity contribution is 5.98. The van der Waals surface area contributed by atoms with E-state index in [1.54, 1.807) is 37.3 Å². The van der Waals surface area contributed by atoms with Gasteiger partial charge in [-0.2, -0.15) is 0 Å². The first-order chi connectivity index (χ1) is 12.8. The van der Waals surface area contributed by atoms with Gasteiger partial charge in [0.05, 0.1) is 4.92 Å². The molecule has 0 heterocycles. The fraction of sp³-hybridized carbons (Fsp3) is 0.263. The third-order valence-electron chi connectivity index (χ3n) is 3.81. The van der Waals surface area contributed by atoms with Crippen LogP contribution in [0.25, 0.3) is 0 Å². The van der Waals surface area contributed by atoms with E-state index >= 15 is 0 Å². The molecule has 0 aliphatic rings. The summed E-state index contributed by atoms with van der Waals surface area (Å²) in [5, 5.41) is 19.4. The van der Waals surface area contributed by atoms with Crippen molar-refractivity contribution in [2.75, 3.05) is 16.0 Å². The number of nitrogens with one attached hydrogen (secondary N) is 3. The van der Waals surface area contributed by atoms with E-state index in [-0.39, 0.29) is 23.2 Å². The van der Waals surface area contributed by atoms with Crippen LogP contribution in [0.1, 0.15) is 20.8 Å². The largest absolute Gasteiger partial charge is 0.374 e. The molecular weight excluding hydrogens is 348 g/mol. The molecule has 0 aliphatic carbocycles. The van der Waals surface area contributed by atoms with E-state index in [9.17, 15) is 19.7 Å². The van der Waals surface area contributed by atoms with Gasteiger partial charge in [0, 0.05) is 23.4 Å². The maximum atomic E-state index is 12.3. The smallest absolute Gasteiger partial charge is 0.292 e. The molecule has 2 amide bonds. The SMILES string of the molecule is CC(C)C(=O)Nc1ccc(NC(C)C(=O)Nc2ccccc2[N+](=O)[O-])cc1. The lowest BCUT2D eigenvalue weighted by atomic mass is 10.2. The molecule has 3 N–H and O–H groups in total. The molecule has 1 atom stereocenters. The number of amides is 2. The Kier molecular flexibility index (Phi) is 6.48. The van der Waals surface area contributed by atoms with Crippen LogP contribution in [0.2, 0.25) is 0 Å². The van der Waals surface area contributed by atoms with Gasteiger partial charge in [-0.15, -0.1) is 0 Å². The van der Waals surface area contributed by atoms with Crippen LogP contribution in [0.4, 0.5) is 22.7 Å². The van der Waals surface area contributed by atoms with Crippen LogP contribution in [-0.4, -0.2) is 22.8 Å². The number of rotatable bonds is 7. The number of para-hydroxylation sites is 2. The minimum atomic E-state index is -0.624. The fourth-order valence-corrected chi connectivity index (χ4v) is 2.23. The van der Waals surface area contributed by atoms with E-state index in [0.29, 0.717) is 11.4 Å². The van der Waals surface area contributed by atoms with Gasteiger partial charge in [-0.3, -0.25) is 19.7 Å². The van der Waals surface area contributed by atoms with E-state index in [4.69, 9.17) is 0 Å². The van der Waals surface area contributed by atoms with Gasteiger partial charge < -0.3 is 16.0 Å². The summed E-state index contributed by atoms with van der Waals surface area (Å²) in [6.07, 6.45) is 0. The lowest BCUT2D eigenvalue weighted by Crippen LogP contribution is -2.32. The second kappa shape index (κ2) is 8.79. The molecule has 0 saturated carbocycles. The third kappa shape index (κ3) is 5.53. The fourth-order valence-electron chi connectivity index (χ4n) is 2.23. The Morgan fingerprint density at radius 1 is 0.889 bits per heavy atom. The number of hydrogen-bond acceptors (Lipinski definition) is 5. The predicted molar refractivity (Wildman–Crippen MR) is 105 cm³/mol. The lowest BCUT2D eigenvalue weighted by Gasteiger charge is -2.16. The second-order valence-corrected chi connectivity index (χ2v) is 6.35. The monoisotopic (exact) mass is 370 g/mol. The van der Waals surface area contributed by atoms with Gasteiger partial charge in [0.15, 0.2) is 0 Å². The lowest BCUT2D eigenvalue weighted by molar-refractivity contribution is -0.383. The second-order valence-electron chi connectivity index (χ2n) is 6.35. The van der Waals surface area contributed by atoms with Gasteiger partial charge in [0.2, 0.25) is 11.8 Å². The summed E-state index contributed by atoms with van der Waals surface area (Å²) in [6.45, 7) is 5.27. The summed E-state index contributed by atoms with van der Waals surface area (Å²) >= 11 is 0. The first-order valence-corrected chi connectivity index (χ1v) is 8.49. The summed E-state index contributed by atoms with van der Waals surface area (Å²) in [5.74, 6) is -0.594. The normalized spacial score (nSPS) is 11.6. The summed E-state index contributed by atoms with van der Waals surface area (Å²) in [6, 6.07) is 12.3. The number of nitro benzene ring substituents is 1. The number of nitrogens with zero attached hydrogens (tertiary/aromatic N) is 1. The van der Waals surface area contributed by atoms with E-state index in [0.717, 1.165) is 0 Å². The van der Waals surface area contributed by atoms with Crippen molar-refractivity contribution in [2.24, 2.45) is 5.92 Å². The van der Waals surface area contributed by atoms with Crippen molar-refractivity contribution in [1.29, 1.82) is 0 Å². The molecule has 0 fully saturated rings. The zero-order valence-corrected chi connectivity index (χ0v) is 15.4. The molecule has 0 aliphatic heterocycles. The Morgan fingerprint density at radius 2 is 1.48 bits per heavy atom. The van der Waals surface area contributed by atoms with Crippen molar-refractivity contribution >= 4 is 34.6 Å². The van der Waals surface area contributed by atoms with Crippen molar-refractivity contribution in [3.63, 3.8) is 0 Å². The summed E-state index contributed by atoms with van der Waals surface area (Å²) < 4.78 is 0. The van der Waals surface area contributed by atoms with Crippen LogP contribution in [0, 0.1) is 16.0 Å². The molecule has 2 rings (SSSR count). The predicted octanol–water partition coefficient (Wildman–Crippen LogP) is 3.63. The average Bonchev–Trinajstić information content (AvgIpc) is 2.63. The van der Waals surface area contributed by atoms with E-state index < -0.39 is 16.9 Å². The molecule has 142 valence electrons. The number of nitro groups is 1. The summed E-state index contributed by atoms with van der Waals surface area (Å²) in [4.78, 5) is 34.5. The van der Waals surface area contributed by atoms with Crippen LogP contribution in [0.3, 0.4) is 0 Å². The highest BCUT2D eigenvalue weighted by Gasteiger charge is 2.18. The molecule has 2 aromatic rings. The molecule has 8 heteroatoms. The van der Waals surface area contributed by atoms with Gasteiger partial charge in [-0.25, -0.2) is 0 Å². The Balaban J connectivity index is 1.98. The standard InChI is InChI=1S/C19H22N4O4/c1-12(2)18(24)21-15-10-8-14(9-11-15)20-13(3)19(25)22-16-6-4-5-7-17(16)23(26)27/h4-13,20H,1-3H3,(H,21,24)(H,22,25). The Morgan fingerprint density at radius 3 is 2.07 bits per heavy atom. The summed E-state index contributed by atoms with van der Waals surface area (Å²) in [7, 11) is 0. The molecule has 8 nitrogen and oxygen atoms in total. The van der Waals surface area contributed by atoms with Crippen molar-refractivity contribution in [3.05, 3.63) is 58.6 Å². The van der Waals surface area contributed by atoms with Crippen molar-refractivity contribution in [1.82, 2.24) is 0 Å². The van der Waals surface area contributed by atoms with Crippen molar-refractivity contribution < 1.29 is 14.5 Å². The van der Waals surface area contributed by atoms with Crippen LogP contribution >= 0.6 is 0 Å². The first kappa shape index (κ1) is 19.9. The maximum absolute atomic E-state index is 12.3. The van der Waals surface area contributed by atoms with Crippen molar-refractivity contribution in [3.8, 4) is 0 Å². The Bertz CT molecular complexity index is 834. The Hall–Kier alpha value is -3.42. The van der Waals surface area contributed by atoms with Crippen LogP contribution in [0.15, 0.2) is 48.5 Å². The molecule has 1 unspecified atom stereocenters. The van der Waals surface area contributed by atoms with Crippen LogP contribution in [0.5, 0.6) is 0 Å². The van der Waals surface area contributed by atoms with Gasteiger partial charge in [0.1, 0.15) is 11.7 Å². The minimum Gasteiger partial charge on any atom is -0.374 e. The number of anilines is 3. The zero-order chi connectivity index (χ0) is 20.0. The summed E-state index contributed by atoms with van der Waals surface area (Å²) in [5.41, 5.74) is 1.33. The molecule has 0 aromatic heterocycles. The van der Waals surface area contributed by atoms with E-state index in [1.807, 2.05) is 13.8 Å². The third-order valence-corrected chi connectivity index (χ3v) is 3.81. The number of carbonyl (C=O) groups is 2. The van der Waals surface area contributed by atoms with Gasteiger partial charge in [-0.05, 0) is 37.3 Å². The molecule has 0 radical (unpaired) electrons. The van der Waals surface area contributed by atoms with Gasteiger partial charge >= 0.3 is 0 Å². The molecular formula is C19H22N4O4. The Labute approximate surface area is 157 Å². The molecule has 2 aromatic carbocycles. The molecule has 0 spiro atoms. The quantitative estimate of drug-likeness (QED) is 0.509. The topological polar surface area (TPSA) is 113 Å².